The van der Waals surface area contributed by atoms with E-state index in [4.69, 9.17) is 0 Å². The molecule has 3 aromatic rings. The number of aliphatic hydroxyl groups is 1. The summed E-state index contributed by atoms with van der Waals surface area (Å²) >= 11 is 0. The number of hydrogen-bond acceptors (Lipinski definition) is 5. The highest BCUT2D eigenvalue weighted by atomic mass is 16.3. The molecule has 4 rings (SSSR count). The van der Waals surface area contributed by atoms with Crippen molar-refractivity contribution in [2.75, 3.05) is 32.1 Å². The van der Waals surface area contributed by atoms with E-state index in [0.717, 1.165) is 41.2 Å². The number of H-pyrrole nitrogens is 1. The first-order valence-corrected chi connectivity index (χ1v) is 9.00. The summed E-state index contributed by atoms with van der Waals surface area (Å²) in [7, 11) is 4.09. The molecule has 0 bridgehead atoms. The maximum Gasteiger partial charge on any atom is 0.156 e. The van der Waals surface area contributed by atoms with Crippen LogP contribution < -0.4 is 4.90 Å². The molecule has 6 heteroatoms. The molecule has 3 heterocycles. The predicted octanol–water partition coefficient (Wildman–Crippen LogP) is 2.29. The first-order chi connectivity index (χ1) is 12.5. The third-order valence-electron chi connectivity index (χ3n) is 5.58. The topological polar surface area (TPSA) is 68.3 Å². The van der Waals surface area contributed by atoms with Crippen molar-refractivity contribution >= 4 is 16.9 Å². The molecule has 1 aromatic carbocycles. The van der Waals surface area contributed by atoms with Gasteiger partial charge in [0.25, 0.3) is 0 Å². The summed E-state index contributed by atoms with van der Waals surface area (Å²) in [6.07, 6.45) is 2.17. The smallest absolute Gasteiger partial charge is 0.156 e. The van der Waals surface area contributed by atoms with Crippen molar-refractivity contribution in [3.8, 4) is 0 Å². The van der Waals surface area contributed by atoms with E-state index in [2.05, 4.69) is 36.9 Å². The Labute approximate surface area is 153 Å². The normalized spacial score (nSPS) is 23.7. The highest BCUT2D eigenvalue weighted by molar-refractivity contribution is 5.86. The van der Waals surface area contributed by atoms with Gasteiger partial charge in [0.15, 0.2) is 5.82 Å². The second kappa shape index (κ2) is 6.37. The number of aromatic nitrogens is 3. The second-order valence-electron chi connectivity index (χ2n) is 7.23. The van der Waals surface area contributed by atoms with Crippen molar-refractivity contribution in [1.29, 1.82) is 0 Å². The van der Waals surface area contributed by atoms with Crippen molar-refractivity contribution < 1.29 is 5.11 Å². The van der Waals surface area contributed by atoms with Crippen LogP contribution in [0.2, 0.25) is 0 Å². The molecule has 136 valence electrons. The summed E-state index contributed by atoms with van der Waals surface area (Å²) in [6, 6.07) is 12.3. The molecule has 1 aliphatic heterocycles. The lowest BCUT2D eigenvalue weighted by Gasteiger charge is -2.50. The van der Waals surface area contributed by atoms with Crippen LogP contribution in [-0.4, -0.2) is 58.2 Å². The number of aromatic amines is 1. The summed E-state index contributed by atoms with van der Waals surface area (Å²) in [4.78, 5) is 16.7. The van der Waals surface area contributed by atoms with Crippen molar-refractivity contribution in [1.82, 2.24) is 19.9 Å². The molecule has 26 heavy (non-hydrogen) atoms. The Morgan fingerprint density at radius 2 is 1.96 bits per heavy atom. The molecule has 0 unspecified atom stereocenters. The predicted molar refractivity (Wildman–Crippen MR) is 103 cm³/mol. The lowest BCUT2D eigenvalue weighted by Crippen LogP contribution is -2.60. The average Bonchev–Trinajstić information content (AvgIpc) is 3.09. The van der Waals surface area contributed by atoms with Crippen molar-refractivity contribution in [3.05, 3.63) is 54.0 Å². The average molecular weight is 351 g/mol. The molecule has 2 aromatic heterocycles. The lowest BCUT2D eigenvalue weighted by atomic mass is 9.77. The Kier molecular flexibility index (Phi) is 4.17. The van der Waals surface area contributed by atoms with Gasteiger partial charge < -0.3 is 15.0 Å². The van der Waals surface area contributed by atoms with Gasteiger partial charge in [0, 0.05) is 19.3 Å². The standard InChI is InChI=1S/C20H25N5O/c1-14-22-16-9-11-21-18(16)19(23-14)25-12-10-20(24(2)3,17(26)13-25)15-7-5-4-6-8-15/h4-9,11,17,21,26H,10,12-13H2,1-3H3/t17-,20+/m1/s1. The van der Waals surface area contributed by atoms with Crippen LogP contribution >= 0.6 is 0 Å². The van der Waals surface area contributed by atoms with Gasteiger partial charge in [-0.05, 0) is 39.1 Å². The van der Waals surface area contributed by atoms with Gasteiger partial charge in [0.1, 0.15) is 11.3 Å². The minimum atomic E-state index is -0.533. The lowest BCUT2D eigenvalue weighted by molar-refractivity contribution is -0.0246. The maximum atomic E-state index is 11.2. The number of rotatable bonds is 3. The fourth-order valence-electron chi connectivity index (χ4n) is 4.23. The quantitative estimate of drug-likeness (QED) is 0.758. The van der Waals surface area contributed by atoms with Gasteiger partial charge in [-0.3, -0.25) is 4.90 Å². The van der Waals surface area contributed by atoms with Crippen molar-refractivity contribution in [2.24, 2.45) is 0 Å². The molecule has 0 spiro atoms. The summed E-state index contributed by atoms with van der Waals surface area (Å²) in [5, 5.41) is 11.2. The van der Waals surface area contributed by atoms with Crippen LogP contribution in [0.15, 0.2) is 42.6 Å². The van der Waals surface area contributed by atoms with E-state index in [1.165, 1.54) is 0 Å². The van der Waals surface area contributed by atoms with Crippen LogP contribution in [0.4, 0.5) is 5.82 Å². The fraction of sp³-hybridized carbons (Fsp3) is 0.400. The highest BCUT2D eigenvalue weighted by Crippen LogP contribution is 2.39. The summed E-state index contributed by atoms with van der Waals surface area (Å²) in [5.41, 5.74) is 2.60. The Balaban J connectivity index is 1.70. The SMILES string of the molecule is Cc1nc(N2CC[C@@](c3ccccc3)(N(C)C)[C@H](O)C2)c2[nH]ccc2n1. The molecule has 0 saturated carbocycles. The van der Waals surface area contributed by atoms with Crippen molar-refractivity contribution in [2.45, 2.75) is 25.0 Å². The molecular weight excluding hydrogens is 326 g/mol. The first-order valence-electron chi connectivity index (χ1n) is 9.00. The summed E-state index contributed by atoms with van der Waals surface area (Å²) in [5.74, 6) is 1.62. The fourth-order valence-corrected chi connectivity index (χ4v) is 4.23. The number of fused-ring (bicyclic) bond motifs is 1. The van der Waals surface area contributed by atoms with E-state index in [9.17, 15) is 5.11 Å². The second-order valence-corrected chi connectivity index (χ2v) is 7.23. The Morgan fingerprint density at radius 3 is 2.65 bits per heavy atom. The van der Waals surface area contributed by atoms with Gasteiger partial charge in [-0.2, -0.15) is 0 Å². The third kappa shape index (κ3) is 2.57. The zero-order valence-electron chi connectivity index (χ0n) is 15.5. The molecule has 0 radical (unpaired) electrons. The van der Waals surface area contributed by atoms with Crippen LogP contribution in [-0.2, 0) is 5.54 Å². The number of likely N-dealkylation sites (N-methyl/N-ethyl adjacent to an activating group) is 1. The molecule has 6 nitrogen and oxygen atoms in total. The molecular formula is C20H25N5O. The molecule has 1 fully saturated rings. The molecule has 1 saturated heterocycles. The number of aliphatic hydroxyl groups excluding tert-OH is 1. The van der Waals surface area contributed by atoms with Gasteiger partial charge in [-0.15, -0.1) is 0 Å². The summed E-state index contributed by atoms with van der Waals surface area (Å²) < 4.78 is 0. The van der Waals surface area contributed by atoms with E-state index in [1.54, 1.807) is 0 Å². The highest BCUT2D eigenvalue weighted by Gasteiger charge is 2.46. The molecule has 2 atom stereocenters. The number of nitrogens with zero attached hydrogens (tertiary/aromatic N) is 4. The number of β-amino-alcohol motifs (C(OH)–C–C–N with tert-alkyl or cyclic N) is 1. The van der Waals surface area contributed by atoms with Gasteiger partial charge in [0.05, 0.1) is 17.2 Å². The van der Waals surface area contributed by atoms with E-state index in [1.807, 2.05) is 51.5 Å². The number of piperidine rings is 1. The zero-order chi connectivity index (χ0) is 18.3. The van der Waals surface area contributed by atoms with Crippen LogP contribution in [0, 0.1) is 6.92 Å². The van der Waals surface area contributed by atoms with Crippen LogP contribution in [0.25, 0.3) is 11.0 Å². The molecule has 0 amide bonds. The van der Waals surface area contributed by atoms with Gasteiger partial charge in [0.2, 0.25) is 0 Å². The van der Waals surface area contributed by atoms with Gasteiger partial charge in [-0.1, -0.05) is 30.3 Å². The third-order valence-corrected chi connectivity index (χ3v) is 5.58. The van der Waals surface area contributed by atoms with E-state index in [0.29, 0.717) is 6.54 Å². The number of aryl methyl sites for hydroxylation is 1. The largest absolute Gasteiger partial charge is 0.389 e. The molecule has 1 aliphatic rings. The number of anilines is 1. The Bertz CT molecular complexity index is 907. The Morgan fingerprint density at radius 1 is 1.19 bits per heavy atom. The minimum Gasteiger partial charge on any atom is -0.389 e. The van der Waals surface area contributed by atoms with Gasteiger partial charge in [-0.25, -0.2) is 9.97 Å². The van der Waals surface area contributed by atoms with Gasteiger partial charge >= 0.3 is 0 Å². The minimum absolute atomic E-state index is 0.394. The zero-order valence-corrected chi connectivity index (χ0v) is 15.5. The van der Waals surface area contributed by atoms with E-state index >= 15 is 0 Å². The van der Waals surface area contributed by atoms with E-state index in [-0.39, 0.29) is 0 Å². The number of nitrogens with one attached hydrogen (secondary N) is 1. The molecule has 2 N–H and O–H groups in total. The summed E-state index contributed by atoms with van der Waals surface area (Å²) in [6.45, 7) is 3.25. The molecule has 0 aliphatic carbocycles. The number of hydrogen-bond donors (Lipinski definition) is 2. The van der Waals surface area contributed by atoms with Crippen LogP contribution in [0.3, 0.4) is 0 Å². The van der Waals surface area contributed by atoms with Crippen LogP contribution in [0.5, 0.6) is 0 Å². The van der Waals surface area contributed by atoms with Crippen LogP contribution in [0.1, 0.15) is 17.8 Å². The van der Waals surface area contributed by atoms with Crippen molar-refractivity contribution in [3.63, 3.8) is 0 Å². The first kappa shape index (κ1) is 17.0. The van der Waals surface area contributed by atoms with E-state index < -0.39 is 11.6 Å². The maximum absolute atomic E-state index is 11.2. The Hall–Kier alpha value is -2.44. The monoisotopic (exact) mass is 351 g/mol. The number of benzene rings is 1.